The fourth-order valence-electron chi connectivity index (χ4n) is 2.17. The third-order valence-electron chi connectivity index (χ3n) is 3.12. The molecule has 0 unspecified atom stereocenters. The third kappa shape index (κ3) is 2.58. The number of nitrogens with one attached hydrogen (secondary N) is 1. The zero-order valence-corrected chi connectivity index (χ0v) is 10.5. The average molecular weight is 248 g/mol. The predicted molar refractivity (Wildman–Crippen MR) is 70.7 cm³/mol. The number of hydrogen-bond donors (Lipinski definition) is 1. The van der Waals surface area contributed by atoms with Gasteiger partial charge in [-0.2, -0.15) is 0 Å². The molecule has 4 heteroatoms. The first-order valence-corrected chi connectivity index (χ1v) is 6.92. The smallest absolute Gasteiger partial charge is 0.274 e. The monoisotopic (exact) mass is 248 g/mol. The third-order valence-corrected chi connectivity index (χ3v) is 4.06. The lowest BCUT2D eigenvalue weighted by atomic mass is 10.0. The molecule has 0 bridgehead atoms. The van der Waals surface area contributed by atoms with Gasteiger partial charge >= 0.3 is 0 Å². The van der Waals surface area contributed by atoms with Crippen molar-refractivity contribution in [3.63, 3.8) is 0 Å². The minimum Gasteiger partial charge on any atom is -0.470 e. The zero-order chi connectivity index (χ0) is 11.5. The Morgan fingerprint density at radius 3 is 3.18 bits per heavy atom. The Labute approximate surface area is 105 Å². The van der Waals surface area contributed by atoms with Crippen molar-refractivity contribution >= 4 is 21.6 Å². The molecule has 17 heavy (non-hydrogen) atoms. The molecule has 1 fully saturated rings. The molecule has 90 valence electrons. The number of aromatic nitrogens is 1. The van der Waals surface area contributed by atoms with Gasteiger partial charge in [0.1, 0.15) is 0 Å². The van der Waals surface area contributed by atoms with Gasteiger partial charge in [0.2, 0.25) is 0 Å². The standard InChI is InChI=1S/C13H16N2OS/c1-2-6-12-11(5-1)15-13(17-12)16-9-10-4-3-7-14-8-10/h1-2,5-6,10,14H,3-4,7-9H2/t10-/m1/s1. The normalized spacial score (nSPS) is 20.6. The molecule has 1 atom stereocenters. The molecule has 0 saturated carbocycles. The van der Waals surface area contributed by atoms with Crippen LogP contribution in [0.4, 0.5) is 0 Å². The molecule has 2 aromatic rings. The Balaban J connectivity index is 1.64. The SMILES string of the molecule is c1ccc2sc(OC[C@@H]3CCCNC3)nc2c1. The Bertz CT molecular complexity index is 458. The highest BCUT2D eigenvalue weighted by atomic mass is 32.1. The first kappa shape index (κ1) is 11.0. The molecule has 1 aromatic heterocycles. The molecule has 1 aromatic carbocycles. The van der Waals surface area contributed by atoms with Gasteiger partial charge in [-0.1, -0.05) is 23.5 Å². The molecule has 0 amide bonds. The first-order chi connectivity index (χ1) is 8.42. The van der Waals surface area contributed by atoms with Gasteiger partial charge in [-0.15, -0.1) is 0 Å². The van der Waals surface area contributed by atoms with Crippen LogP contribution in [0, 0.1) is 5.92 Å². The van der Waals surface area contributed by atoms with E-state index in [-0.39, 0.29) is 0 Å². The molecule has 1 aliphatic rings. The van der Waals surface area contributed by atoms with Crippen molar-refractivity contribution in [1.82, 2.24) is 10.3 Å². The van der Waals surface area contributed by atoms with Gasteiger partial charge in [0, 0.05) is 12.5 Å². The van der Waals surface area contributed by atoms with Gasteiger partial charge in [0.15, 0.2) is 0 Å². The maximum absolute atomic E-state index is 5.80. The highest BCUT2D eigenvalue weighted by molar-refractivity contribution is 7.20. The Morgan fingerprint density at radius 1 is 1.41 bits per heavy atom. The number of benzene rings is 1. The van der Waals surface area contributed by atoms with E-state index in [0.717, 1.165) is 30.4 Å². The average Bonchev–Trinajstić information content (AvgIpc) is 2.80. The van der Waals surface area contributed by atoms with Crippen molar-refractivity contribution in [3.05, 3.63) is 24.3 Å². The second kappa shape index (κ2) is 5.02. The van der Waals surface area contributed by atoms with Gasteiger partial charge in [0.25, 0.3) is 5.19 Å². The van der Waals surface area contributed by atoms with E-state index in [2.05, 4.69) is 16.4 Å². The van der Waals surface area contributed by atoms with Crippen molar-refractivity contribution in [2.75, 3.05) is 19.7 Å². The Morgan fingerprint density at radius 2 is 2.35 bits per heavy atom. The predicted octanol–water partition coefficient (Wildman–Crippen LogP) is 2.67. The summed E-state index contributed by atoms with van der Waals surface area (Å²) < 4.78 is 7.00. The van der Waals surface area contributed by atoms with E-state index in [1.54, 1.807) is 11.3 Å². The molecule has 1 aliphatic heterocycles. The number of fused-ring (bicyclic) bond motifs is 1. The Kier molecular flexibility index (Phi) is 3.25. The maximum Gasteiger partial charge on any atom is 0.274 e. The van der Waals surface area contributed by atoms with Crippen LogP contribution in [0.3, 0.4) is 0 Å². The summed E-state index contributed by atoms with van der Waals surface area (Å²) in [5, 5.41) is 4.20. The van der Waals surface area contributed by atoms with E-state index < -0.39 is 0 Å². The molecular formula is C13H16N2OS. The van der Waals surface area contributed by atoms with Crippen LogP contribution in [-0.4, -0.2) is 24.7 Å². The van der Waals surface area contributed by atoms with Gasteiger partial charge in [-0.05, 0) is 31.5 Å². The van der Waals surface area contributed by atoms with Gasteiger partial charge in [-0.25, -0.2) is 4.98 Å². The minimum atomic E-state index is 0.635. The van der Waals surface area contributed by atoms with E-state index >= 15 is 0 Å². The lowest BCUT2D eigenvalue weighted by molar-refractivity contribution is 0.218. The summed E-state index contributed by atoms with van der Waals surface area (Å²) in [7, 11) is 0. The number of rotatable bonds is 3. The van der Waals surface area contributed by atoms with Crippen LogP contribution in [-0.2, 0) is 0 Å². The van der Waals surface area contributed by atoms with Crippen LogP contribution in [0.5, 0.6) is 5.19 Å². The van der Waals surface area contributed by atoms with Crippen molar-refractivity contribution in [1.29, 1.82) is 0 Å². The minimum absolute atomic E-state index is 0.635. The van der Waals surface area contributed by atoms with Gasteiger partial charge < -0.3 is 10.1 Å². The summed E-state index contributed by atoms with van der Waals surface area (Å²) in [6.45, 7) is 3.01. The van der Waals surface area contributed by atoms with Crippen molar-refractivity contribution in [2.45, 2.75) is 12.8 Å². The van der Waals surface area contributed by atoms with E-state index in [0.29, 0.717) is 5.92 Å². The summed E-state index contributed by atoms with van der Waals surface area (Å²) in [5.74, 6) is 0.635. The second-order valence-corrected chi connectivity index (χ2v) is 5.46. The van der Waals surface area contributed by atoms with Crippen LogP contribution in [0.2, 0.25) is 0 Å². The van der Waals surface area contributed by atoms with E-state index in [4.69, 9.17) is 4.74 Å². The molecule has 3 rings (SSSR count). The Hall–Kier alpha value is -1.13. The van der Waals surface area contributed by atoms with Crippen LogP contribution >= 0.6 is 11.3 Å². The van der Waals surface area contributed by atoms with Crippen LogP contribution in [0.25, 0.3) is 10.2 Å². The maximum atomic E-state index is 5.80. The quantitative estimate of drug-likeness (QED) is 0.906. The number of hydrogen-bond acceptors (Lipinski definition) is 4. The second-order valence-electron chi connectivity index (χ2n) is 4.47. The molecule has 1 N–H and O–H groups in total. The molecule has 0 aliphatic carbocycles. The summed E-state index contributed by atoms with van der Waals surface area (Å²) in [4.78, 5) is 4.47. The number of piperidine rings is 1. The van der Waals surface area contributed by atoms with Gasteiger partial charge in [-0.3, -0.25) is 0 Å². The van der Waals surface area contributed by atoms with Crippen LogP contribution < -0.4 is 10.1 Å². The number of thiazole rings is 1. The molecule has 2 heterocycles. The van der Waals surface area contributed by atoms with E-state index in [1.807, 2.05) is 18.2 Å². The molecule has 1 saturated heterocycles. The van der Waals surface area contributed by atoms with Crippen LogP contribution in [0.15, 0.2) is 24.3 Å². The van der Waals surface area contributed by atoms with Crippen molar-refractivity contribution in [2.24, 2.45) is 5.92 Å². The number of para-hydroxylation sites is 1. The molecule has 0 spiro atoms. The topological polar surface area (TPSA) is 34.1 Å². The van der Waals surface area contributed by atoms with Crippen molar-refractivity contribution in [3.8, 4) is 5.19 Å². The molecular weight excluding hydrogens is 232 g/mol. The highest BCUT2D eigenvalue weighted by Crippen LogP contribution is 2.27. The lowest BCUT2D eigenvalue weighted by Gasteiger charge is -2.21. The molecule has 3 nitrogen and oxygen atoms in total. The fraction of sp³-hybridized carbons (Fsp3) is 0.462. The fourth-order valence-corrected chi connectivity index (χ4v) is 2.99. The lowest BCUT2D eigenvalue weighted by Crippen LogP contribution is -2.32. The first-order valence-electron chi connectivity index (χ1n) is 6.11. The summed E-state index contributed by atoms with van der Waals surface area (Å²) in [6, 6.07) is 8.16. The van der Waals surface area contributed by atoms with E-state index in [1.165, 1.54) is 17.5 Å². The summed E-state index contributed by atoms with van der Waals surface area (Å²) >= 11 is 1.63. The van der Waals surface area contributed by atoms with Gasteiger partial charge in [0.05, 0.1) is 16.8 Å². The van der Waals surface area contributed by atoms with Crippen molar-refractivity contribution < 1.29 is 4.74 Å². The molecule has 0 radical (unpaired) electrons. The highest BCUT2D eigenvalue weighted by Gasteiger charge is 2.14. The van der Waals surface area contributed by atoms with Crippen LogP contribution in [0.1, 0.15) is 12.8 Å². The zero-order valence-electron chi connectivity index (χ0n) is 9.69. The summed E-state index contributed by atoms with van der Waals surface area (Å²) in [6.07, 6.45) is 2.52. The summed E-state index contributed by atoms with van der Waals surface area (Å²) in [5.41, 5.74) is 1.04. The van der Waals surface area contributed by atoms with E-state index in [9.17, 15) is 0 Å². The number of nitrogens with zero attached hydrogens (tertiary/aromatic N) is 1. The largest absolute Gasteiger partial charge is 0.470 e. The number of ether oxygens (including phenoxy) is 1.